The van der Waals surface area contributed by atoms with E-state index in [0.29, 0.717) is 38.2 Å². The molecule has 0 spiro atoms. The molecule has 0 saturated heterocycles. The molecule has 1 amide bonds. The summed E-state index contributed by atoms with van der Waals surface area (Å²) in [5.41, 5.74) is 1.15. The van der Waals surface area contributed by atoms with Gasteiger partial charge < -0.3 is 30.4 Å². The lowest BCUT2D eigenvalue weighted by Gasteiger charge is -2.27. The average Bonchev–Trinajstić information content (AvgIpc) is 3.78. The average molecular weight is 592 g/mol. The predicted octanol–water partition coefficient (Wildman–Crippen LogP) is 3.08. The van der Waals surface area contributed by atoms with Crippen LogP contribution in [0.15, 0.2) is 29.1 Å². The highest BCUT2D eigenvalue weighted by Crippen LogP contribution is 2.49. The summed E-state index contributed by atoms with van der Waals surface area (Å²) in [5.74, 6) is -0.676. The number of H-pyrrole nitrogens is 1. The second-order valence-electron chi connectivity index (χ2n) is 10.9. The predicted molar refractivity (Wildman–Crippen MR) is 154 cm³/mol. The van der Waals surface area contributed by atoms with E-state index in [1.165, 1.54) is 24.8 Å². The summed E-state index contributed by atoms with van der Waals surface area (Å²) in [5, 5.41) is 16.1. The van der Waals surface area contributed by atoms with Gasteiger partial charge in [-0.3, -0.25) is 9.59 Å². The first kappa shape index (κ1) is 30.9. The van der Waals surface area contributed by atoms with Crippen molar-refractivity contribution in [2.75, 3.05) is 45.3 Å². The van der Waals surface area contributed by atoms with Gasteiger partial charge in [0.25, 0.3) is 0 Å². The van der Waals surface area contributed by atoms with E-state index in [4.69, 9.17) is 21.3 Å². The summed E-state index contributed by atoms with van der Waals surface area (Å²) < 4.78 is 18.7. The van der Waals surface area contributed by atoms with E-state index in [-0.39, 0.29) is 17.0 Å². The zero-order valence-corrected chi connectivity index (χ0v) is 24.1. The maximum atomic E-state index is 13.5. The fourth-order valence-electron chi connectivity index (χ4n) is 5.30. The van der Waals surface area contributed by atoms with Gasteiger partial charge in [0.1, 0.15) is 18.5 Å². The van der Waals surface area contributed by atoms with Gasteiger partial charge in [-0.25, -0.2) is 14.2 Å². The number of pyridine rings is 2. The lowest BCUT2D eigenvalue weighted by atomic mass is 9.99. The van der Waals surface area contributed by atoms with Crippen molar-refractivity contribution in [3.05, 3.63) is 56.6 Å². The largest absolute Gasteiger partial charge is 0.480 e. The van der Waals surface area contributed by atoms with E-state index in [1.54, 1.807) is 0 Å². The highest BCUT2D eigenvalue weighted by Gasteiger charge is 2.54. The number of methoxy groups -OCH3 is 1. The number of carboxylic acid groups (broad SMARTS) is 1. The van der Waals surface area contributed by atoms with Gasteiger partial charge in [-0.1, -0.05) is 17.7 Å². The molecule has 10 nitrogen and oxygen atoms in total. The quantitative estimate of drug-likeness (QED) is 0.219. The van der Waals surface area contributed by atoms with E-state index in [2.05, 4.69) is 27.8 Å². The number of amides is 1. The number of anilines is 1. The van der Waals surface area contributed by atoms with Crippen molar-refractivity contribution in [2.45, 2.75) is 68.9 Å². The van der Waals surface area contributed by atoms with Crippen LogP contribution >= 0.6 is 11.6 Å². The lowest BCUT2D eigenvalue weighted by molar-refractivity contribution is -0.142. The van der Waals surface area contributed by atoms with Crippen molar-refractivity contribution in [2.24, 2.45) is 0 Å². The Bertz CT molecular complexity index is 1270. The van der Waals surface area contributed by atoms with Crippen molar-refractivity contribution in [1.29, 1.82) is 0 Å². The molecule has 0 radical (unpaired) electrons. The zero-order valence-electron chi connectivity index (χ0n) is 23.4. The number of carboxylic acids is 1. The number of unbranched alkanes of at least 4 members (excludes halogenated alkanes) is 1. The third kappa shape index (κ3) is 8.05. The minimum atomic E-state index is -1.16. The molecule has 3 heterocycles. The van der Waals surface area contributed by atoms with Crippen molar-refractivity contribution in [1.82, 2.24) is 20.2 Å². The summed E-state index contributed by atoms with van der Waals surface area (Å²) in [4.78, 5) is 46.5. The van der Waals surface area contributed by atoms with Crippen LogP contribution in [-0.4, -0.2) is 84.0 Å². The van der Waals surface area contributed by atoms with Gasteiger partial charge in [-0.15, -0.1) is 0 Å². The minimum absolute atomic E-state index is 0.122. The number of aromatic nitrogens is 2. The first-order valence-corrected chi connectivity index (χ1v) is 14.6. The van der Waals surface area contributed by atoms with Crippen molar-refractivity contribution >= 4 is 29.3 Å². The molecule has 224 valence electrons. The van der Waals surface area contributed by atoms with Crippen LogP contribution in [-0.2, 0) is 32.6 Å². The number of aromatic amines is 1. The van der Waals surface area contributed by atoms with Gasteiger partial charge >= 0.3 is 5.97 Å². The minimum Gasteiger partial charge on any atom is -0.480 e. The Balaban J connectivity index is 1.33. The monoisotopic (exact) mass is 591 g/mol. The number of carbonyl (C=O) groups is 2. The molecule has 4 rings (SSSR count). The molecule has 2 aromatic rings. The van der Waals surface area contributed by atoms with Gasteiger partial charge in [-0.05, 0) is 75.6 Å². The van der Waals surface area contributed by atoms with E-state index in [0.717, 1.165) is 50.2 Å². The number of alkyl halides is 1. The van der Waals surface area contributed by atoms with E-state index in [1.807, 2.05) is 4.90 Å². The number of fused-ring (bicyclic) bond motifs is 1. The van der Waals surface area contributed by atoms with Crippen LogP contribution in [0.25, 0.3) is 0 Å². The number of hydrogen-bond donors (Lipinski definition) is 4. The maximum Gasteiger partial charge on any atom is 0.326 e. The summed E-state index contributed by atoms with van der Waals surface area (Å²) >= 11 is 6.25. The van der Waals surface area contributed by atoms with Crippen LogP contribution in [0.5, 0.6) is 0 Å². The molecule has 4 N–H and O–H groups in total. The van der Waals surface area contributed by atoms with E-state index in [9.17, 15) is 23.9 Å². The molecule has 1 aliphatic carbocycles. The van der Waals surface area contributed by atoms with Crippen molar-refractivity contribution < 1.29 is 23.8 Å². The second kappa shape index (κ2) is 14.2. The van der Waals surface area contributed by atoms with Crippen molar-refractivity contribution in [3.63, 3.8) is 0 Å². The number of halogens is 2. The third-order valence-electron chi connectivity index (χ3n) is 7.95. The third-order valence-corrected chi connectivity index (χ3v) is 8.26. The second-order valence-corrected chi connectivity index (χ2v) is 11.3. The van der Waals surface area contributed by atoms with Crippen LogP contribution in [0.2, 0.25) is 5.02 Å². The summed E-state index contributed by atoms with van der Waals surface area (Å²) in [7, 11) is 1.45. The normalized spacial score (nSPS) is 16.9. The Morgan fingerprint density at radius 1 is 1.24 bits per heavy atom. The number of aryl methyl sites for hydroxylation is 2. The smallest absolute Gasteiger partial charge is 0.326 e. The number of rotatable bonds is 16. The number of nitrogens with zero attached hydrogens (tertiary/aromatic N) is 2. The SMILES string of the molecule is CO[C@H](CF)CN(CCCCc1ccc2c(n1)NCCC2)CC[C@H](NC(=O)C1(c2[nH]c(=O)ccc2Cl)CC1)C(=O)O. The number of ether oxygens (including phenoxy) is 1. The van der Waals surface area contributed by atoms with Crippen LogP contribution in [0.4, 0.5) is 10.2 Å². The first-order chi connectivity index (χ1) is 19.8. The Labute approximate surface area is 244 Å². The molecule has 0 aromatic carbocycles. The Morgan fingerprint density at radius 2 is 2.05 bits per heavy atom. The molecule has 1 aliphatic heterocycles. The van der Waals surface area contributed by atoms with Gasteiger partial charge in [0.2, 0.25) is 11.5 Å². The molecule has 12 heteroatoms. The number of carbonyl (C=O) groups excluding carboxylic acids is 1. The molecule has 1 saturated carbocycles. The van der Waals surface area contributed by atoms with Crippen LogP contribution in [0.1, 0.15) is 55.5 Å². The zero-order chi connectivity index (χ0) is 29.4. The topological polar surface area (TPSA) is 137 Å². The molecule has 1 fully saturated rings. The molecular weight excluding hydrogens is 553 g/mol. The highest BCUT2D eigenvalue weighted by molar-refractivity contribution is 6.31. The summed E-state index contributed by atoms with van der Waals surface area (Å²) in [6.45, 7) is 1.53. The van der Waals surface area contributed by atoms with Gasteiger partial charge in [0.15, 0.2) is 0 Å². The standard InChI is InChI=1S/C29H39ClFN5O5/c1-41-21(17-31)18-36(15-3-2-6-20-8-7-19-5-4-14-32-26(19)33-20)16-11-23(27(38)39)34-28(40)29(12-13-29)25-22(30)9-10-24(37)35-25/h7-10,21,23H,2-6,11-18H2,1H3,(H,32,33)(H,34,40)(H,35,37)(H,38,39)/t21-,23+/m1/s1. The van der Waals surface area contributed by atoms with E-state index >= 15 is 0 Å². The molecule has 0 unspecified atom stereocenters. The first-order valence-electron chi connectivity index (χ1n) is 14.2. The Hall–Kier alpha value is -3.02. The lowest BCUT2D eigenvalue weighted by Crippen LogP contribution is -2.48. The number of aliphatic carboxylic acids is 1. The molecule has 0 bridgehead atoms. The number of nitrogens with one attached hydrogen (secondary N) is 3. The fourth-order valence-corrected chi connectivity index (χ4v) is 5.60. The van der Waals surface area contributed by atoms with Gasteiger partial charge in [-0.2, -0.15) is 0 Å². The maximum absolute atomic E-state index is 13.5. The van der Waals surface area contributed by atoms with Crippen LogP contribution < -0.4 is 16.2 Å². The van der Waals surface area contributed by atoms with Gasteiger partial charge in [0.05, 0.1) is 22.2 Å². The van der Waals surface area contributed by atoms with Gasteiger partial charge in [0, 0.05) is 38.5 Å². The van der Waals surface area contributed by atoms with Crippen LogP contribution in [0.3, 0.4) is 0 Å². The fraction of sp³-hybridized carbons (Fsp3) is 0.586. The molecule has 2 aliphatic rings. The van der Waals surface area contributed by atoms with Crippen molar-refractivity contribution in [3.8, 4) is 0 Å². The molecule has 2 atom stereocenters. The Kier molecular flexibility index (Phi) is 10.7. The van der Waals surface area contributed by atoms with E-state index < -0.39 is 36.1 Å². The molecular formula is C29H39ClFN5O5. The summed E-state index contributed by atoms with van der Waals surface area (Å²) in [6, 6.07) is 5.76. The molecule has 41 heavy (non-hydrogen) atoms. The highest BCUT2D eigenvalue weighted by atomic mass is 35.5. The van der Waals surface area contributed by atoms with Crippen LogP contribution in [0, 0.1) is 0 Å². The summed E-state index contributed by atoms with van der Waals surface area (Å²) in [6.07, 6.45) is 5.04. The number of hydrogen-bond acceptors (Lipinski definition) is 7. The molecule has 2 aromatic heterocycles. The Morgan fingerprint density at radius 3 is 2.76 bits per heavy atom.